The topological polar surface area (TPSA) is 93.5 Å². The Kier molecular flexibility index (Phi) is 7.01. The second-order valence-corrected chi connectivity index (χ2v) is 8.90. The van der Waals surface area contributed by atoms with Crippen molar-refractivity contribution in [3.63, 3.8) is 0 Å². The van der Waals surface area contributed by atoms with Gasteiger partial charge in [-0.1, -0.05) is 13.8 Å². The summed E-state index contributed by atoms with van der Waals surface area (Å²) in [6, 6.07) is 11.5. The molecule has 168 valence electrons. The predicted molar refractivity (Wildman–Crippen MR) is 128 cm³/mol. The molecule has 3 aromatic heterocycles. The molecule has 3 aromatic rings. The summed E-state index contributed by atoms with van der Waals surface area (Å²) in [5.74, 6) is 2.12. The molecule has 4 heterocycles. The van der Waals surface area contributed by atoms with Gasteiger partial charge in [-0.25, -0.2) is 4.98 Å². The highest BCUT2D eigenvalue weighted by atomic mass is 15.2. The Morgan fingerprint density at radius 3 is 2.62 bits per heavy atom. The number of fused-ring (bicyclic) bond motifs is 1. The highest BCUT2D eigenvalue weighted by Gasteiger charge is 2.34. The van der Waals surface area contributed by atoms with Gasteiger partial charge >= 0.3 is 0 Å². The number of nitriles is 1. The molecule has 0 radical (unpaired) electrons. The summed E-state index contributed by atoms with van der Waals surface area (Å²) in [5, 5.41) is 20.8. The molecular weight excluding hydrogens is 398 g/mol. The van der Waals surface area contributed by atoms with E-state index in [1.165, 1.54) is 0 Å². The lowest BCUT2D eigenvalue weighted by Crippen LogP contribution is -2.49. The first-order chi connectivity index (χ1) is 15.6. The van der Waals surface area contributed by atoms with E-state index in [0.29, 0.717) is 24.4 Å². The van der Waals surface area contributed by atoms with Crippen LogP contribution in [0.25, 0.3) is 10.9 Å². The molecule has 7 heteroatoms. The number of piperidine rings is 1. The maximum absolute atomic E-state index is 9.09. The number of H-pyrrole nitrogens is 1. The van der Waals surface area contributed by atoms with Gasteiger partial charge in [0.25, 0.3) is 0 Å². The zero-order chi connectivity index (χ0) is 22.5. The molecule has 32 heavy (non-hydrogen) atoms. The molecule has 2 unspecified atom stereocenters. The van der Waals surface area contributed by atoms with Gasteiger partial charge in [0.2, 0.25) is 0 Å². The molecule has 2 N–H and O–H groups in total. The van der Waals surface area contributed by atoms with E-state index in [1.807, 2.05) is 31.3 Å². The van der Waals surface area contributed by atoms with Gasteiger partial charge in [-0.2, -0.15) is 10.4 Å². The fourth-order valence-electron chi connectivity index (χ4n) is 5.20. The maximum Gasteiger partial charge on any atom is 0.153 e. The Hall–Kier alpha value is -2.98. The molecule has 2 atom stereocenters. The minimum Gasteiger partial charge on any atom is -0.323 e. The zero-order valence-corrected chi connectivity index (χ0v) is 19.3. The van der Waals surface area contributed by atoms with Gasteiger partial charge in [-0.3, -0.25) is 15.0 Å². The third-order valence-corrected chi connectivity index (χ3v) is 6.70. The molecule has 1 aliphatic rings. The van der Waals surface area contributed by atoms with Crippen LogP contribution in [0.2, 0.25) is 0 Å². The molecule has 1 aliphatic heterocycles. The lowest BCUT2D eigenvalue weighted by Gasteiger charge is -2.45. The van der Waals surface area contributed by atoms with E-state index in [9.17, 15) is 0 Å². The largest absolute Gasteiger partial charge is 0.323 e. The monoisotopic (exact) mass is 431 g/mol. The summed E-state index contributed by atoms with van der Waals surface area (Å²) in [5.41, 5.74) is 3.06. The summed E-state index contributed by atoms with van der Waals surface area (Å²) < 4.78 is 0. The van der Waals surface area contributed by atoms with Gasteiger partial charge in [-0.15, -0.1) is 0 Å². The molecule has 4 rings (SSSR count). The number of hydrogen-bond donors (Lipinski definition) is 2. The van der Waals surface area contributed by atoms with Crippen molar-refractivity contribution in [1.82, 2.24) is 25.1 Å². The lowest BCUT2D eigenvalue weighted by atomic mass is 9.81. The summed E-state index contributed by atoms with van der Waals surface area (Å²) in [6.45, 7) is 7.41. The van der Waals surface area contributed by atoms with Gasteiger partial charge in [0.05, 0.1) is 17.3 Å². The van der Waals surface area contributed by atoms with E-state index >= 15 is 0 Å². The number of aryl methyl sites for hydroxylation is 1. The number of anilines is 2. The first kappa shape index (κ1) is 22.2. The standard InChI is InChI=1S/C25H33N7/c1-4-19-13-18(14-20(5-2)32(19)11-7-9-26)15-23-21-8-6-10-27-22(21)16-24(28-23)29-25-12-17(3)30-31-25/h6,8,10,12,16,18-20H,4-5,7,11,13-15H2,1-3H3,(H2,28,29,30,31). The summed E-state index contributed by atoms with van der Waals surface area (Å²) in [4.78, 5) is 12.2. The quantitative estimate of drug-likeness (QED) is 0.513. The van der Waals surface area contributed by atoms with Crippen molar-refractivity contribution >= 4 is 22.5 Å². The predicted octanol–water partition coefficient (Wildman–Crippen LogP) is 5.13. The van der Waals surface area contributed by atoms with Crippen molar-refractivity contribution in [1.29, 1.82) is 5.26 Å². The average Bonchev–Trinajstić information content (AvgIpc) is 3.21. The highest BCUT2D eigenvalue weighted by molar-refractivity contribution is 5.83. The van der Waals surface area contributed by atoms with Crippen LogP contribution in [0.4, 0.5) is 11.6 Å². The van der Waals surface area contributed by atoms with Gasteiger partial charge < -0.3 is 5.32 Å². The minimum absolute atomic E-state index is 0.532. The number of aromatic nitrogens is 4. The van der Waals surface area contributed by atoms with Crippen molar-refractivity contribution in [3.05, 3.63) is 41.9 Å². The van der Waals surface area contributed by atoms with Crippen molar-refractivity contribution in [2.45, 2.75) is 71.4 Å². The van der Waals surface area contributed by atoms with Crippen LogP contribution in [-0.4, -0.2) is 43.7 Å². The van der Waals surface area contributed by atoms with E-state index in [4.69, 9.17) is 10.2 Å². The van der Waals surface area contributed by atoms with Gasteiger partial charge in [0.1, 0.15) is 5.82 Å². The SMILES string of the molecule is CCC1CC(Cc2nc(Nc3cc(C)[nH]n3)cc3ncccc23)CC(CC)N1CCC#N. The molecule has 7 nitrogen and oxygen atoms in total. The average molecular weight is 432 g/mol. The van der Waals surface area contributed by atoms with Gasteiger partial charge in [0, 0.05) is 54.5 Å². The van der Waals surface area contributed by atoms with E-state index in [2.05, 4.69) is 51.4 Å². The Morgan fingerprint density at radius 1 is 1.19 bits per heavy atom. The molecule has 1 fully saturated rings. The number of pyridine rings is 2. The second kappa shape index (κ2) is 10.1. The molecular formula is C25H33N7. The van der Waals surface area contributed by atoms with Gasteiger partial charge in [-0.05, 0) is 57.1 Å². The Bertz CT molecular complexity index is 1070. The number of likely N-dealkylation sites (tertiary alicyclic amines) is 1. The first-order valence-corrected chi connectivity index (χ1v) is 11.8. The Balaban J connectivity index is 1.59. The van der Waals surface area contributed by atoms with Crippen molar-refractivity contribution in [2.75, 3.05) is 11.9 Å². The van der Waals surface area contributed by atoms with Crippen LogP contribution >= 0.6 is 0 Å². The first-order valence-electron chi connectivity index (χ1n) is 11.8. The smallest absolute Gasteiger partial charge is 0.153 e. The van der Waals surface area contributed by atoms with Crippen molar-refractivity contribution in [2.24, 2.45) is 5.92 Å². The maximum atomic E-state index is 9.09. The molecule has 0 amide bonds. The minimum atomic E-state index is 0.532. The number of rotatable bonds is 8. The van der Waals surface area contributed by atoms with Crippen LogP contribution in [0.3, 0.4) is 0 Å². The van der Waals surface area contributed by atoms with E-state index in [-0.39, 0.29) is 0 Å². The normalized spacial score (nSPS) is 21.5. The molecule has 0 aliphatic carbocycles. The van der Waals surface area contributed by atoms with Crippen LogP contribution in [0, 0.1) is 24.2 Å². The third kappa shape index (κ3) is 4.91. The molecule has 0 spiro atoms. The number of hydrogen-bond acceptors (Lipinski definition) is 6. The van der Waals surface area contributed by atoms with Crippen molar-refractivity contribution in [3.8, 4) is 6.07 Å². The van der Waals surface area contributed by atoms with E-state index < -0.39 is 0 Å². The van der Waals surface area contributed by atoms with Crippen LogP contribution in [-0.2, 0) is 6.42 Å². The van der Waals surface area contributed by atoms with Crippen LogP contribution in [0.1, 0.15) is 57.3 Å². The fraction of sp³-hybridized carbons (Fsp3) is 0.520. The molecule has 0 bridgehead atoms. The van der Waals surface area contributed by atoms with Crippen LogP contribution in [0.5, 0.6) is 0 Å². The Labute approximate surface area is 190 Å². The number of nitrogens with zero attached hydrogens (tertiary/aromatic N) is 5. The number of nitrogens with one attached hydrogen (secondary N) is 2. The molecule has 0 saturated carbocycles. The third-order valence-electron chi connectivity index (χ3n) is 6.70. The lowest BCUT2D eigenvalue weighted by molar-refractivity contribution is 0.0488. The number of aromatic amines is 1. The molecule has 1 saturated heterocycles. The highest BCUT2D eigenvalue weighted by Crippen LogP contribution is 2.34. The fourth-order valence-corrected chi connectivity index (χ4v) is 5.20. The van der Waals surface area contributed by atoms with Gasteiger partial charge in [0.15, 0.2) is 5.82 Å². The molecule has 0 aromatic carbocycles. The second-order valence-electron chi connectivity index (χ2n) is 8.90. The van der Waals surface area contributed by atoms with Crippen LogP contribution in [0.15, 0.2) is 30.5 Å². The van der Waals surface area contributed by atoms with Crippen molar-refractivity contribution < 1.29 is 0 Å². The Morgan fingerprint density at radius 2 is 1.97 bits per heavy atom. The summed E-state index contributed by atoms with van der Waals surface area (Å²) in [6.07, 6.45) is 7.92. The van der Waals surface area contributed by atoms with E-state index in [0.717, 1.165) is 72.6 Å². The van der Waals surface area contributed by atoms with E-state index in [1.54, 1.807) is 0 Å². The van der Waals surface area contributed by atoms with Crippen LogP contribution < -0.4 is 5.32 Å². The summed E-state index contributed by atoms with van der Waals surface area (Å²) in [7, 11) is 0. The zero-order valence-electron chi connectivity index (χ0n) is 19.3. The summed E-state index contributed by atoms with van der Waals surface area (Å²) >= 11 is 0.